The van der Waals surface area contributed by atoms with Crippen LogP contribution in [0.4, 0.5) is 4.39 Å². The van der Waals surface area contributed by atoms with Crippen molar-refractivity contribution >= 4 is 28.7 Å². The molecule has 0 atom stereocenters. The van der Waals surface area contributed by atoms with Crippen molar-refractivity contribution in [2.24, 2.45) is 0 Å². The van der Waals surface area contributed by atoms with Crippen LogP contribution in [0.2, 0.25) is 0 Å². The monoisotopic (exact) mass is 488 g/mol. The number of halogens is 2. The van der Waals surface area contributed by atoms with Crippen LogP contribution in [0.5, 0.6) is 0 Å². The molecule has 132 valence electrons. The van der Waals surface area contributed by atoms with Crippen molar-refractivity contribution in [1.29, 1.82) is 0 Å². The molecule has 4 nitrogen and oxygen atoms in total. The van der Waals surface area contributed by atoms with Gasteiger partial charge in [0.1, 0.15) is 0 Å². The van der Waals surface area contributed by atoms with E-state index in [4.69, 9.17) is 2.65 Å². The molecule has 1 aliphatic heterocycles. The molecule has 0 saturated carbocycles. The summed E-state index contributed by atoms with van der Waals surface area (Å²) in [6.45, 7) is 0. The summed E-state index contributed by atoms with van der Waals surface area (Å²) in [6, 6.07) is 20.8. The zero-order chi connectivity index (χ0) is 18.3. The summed E-state index contributed by atoms with van der Waals surface area (Å²) < 4.78 is 53.8. The fourth-order valence-electron chi connectivity index (χ4n) is 3.01. The van der Waals surface area contributed by atoms with Gasteiger partial charge < -0.3 is 0 Å². The van der Waals surface area contributed by atoms with Crippen molar-refractivity contribution in [2.45, 2.75) is 0 Å². The minimum atomic E-state index is -4.53. The first kappa shape index (κ1) is 17.8. The molecule has 0 fully saturated rings. The van der Waals surface area contributed by atoms with Crippen LogP contribution in [0.3, 0.4) is 0 Å². The predicted molar refractivity (Wildman–Crippen MR) is 85.8 cm³/mol. The van der Waals surface area contributed by atoms with Gasteiger partial charge in [-0.25, -0.2) is 0 Å². The van der Waals surface area contributed by atoms with Crippen molar-refractivity contribution in [3.63, 3.8) is 0 Å². The fraction of sp³-hybridized carbons (Fsp3) is 0. The summed E-state index contributed by atoms with van der Waals surface area (Å²) >= 11 is -3.11. The molecule has 0 N–H and O–H groups in total. The van der Waals surface area contributed by atoms with E-state index in [0.717, 1.165) is 28.7 Å². The van der Waals surface area contributed by atoms with Crippen LogP contribution in [0.1, 0.15) is 11.1 Å². The van der Waals surface area contributed by atoms with Crippen molar-refractivity contribution in [1.82, 2.24) is 0 Å². The Kier molecular flexibility index (Phi) is 4.68. The van der Waals surface area contributed by atoms with Crippen LogP contribution < -0.4 is 22.8 Å². The second-order valence-electron chi connectivity index (χ2n) is 5.58. The fourth-order valence-corrected chi connectivity index (χ4v) is 9.72. The molecule has 0 saturated heterocycles. The topological polar surface area (TPSA) is 78.4 Å². The molecule has 3 aromatic carbocycles. The number of fused-ring (bicyclic) bond motifs is 2. The van der Waals surface area contributed by atoms with Crippen molar-refractivity contribution in [2.75, 3.05) is 0 Å². The molecule has 1 aliphatic rings. The average molecular weight is 486 g/mol. The summed E-state index contributed by atoms with van der Waals surface area (Å²) in [6.07, 6.45) is 0. The third-order valence-electron chi connectivity index (χ3n) is 3.99. The Morgan fingerprint density at radius 2 is 1.46 bits per heavy atom. The summed E-state index contributed by atoms with van der Waals surface area (Å²) in [5, 5.41) is 0.813. The van der Waals surface area contributed by atoms with Crippen LogP contribution in [-0.4, -0.2) is 19.5 Å². The molecule has 3 aromatic rings. The average Bonchev–Trinajstić information content (AvgIpc) is 2.62. The van der Waals surface area contributed by atoms with Crippen LogP contribution in [0, 0.1) is 19.3 Å². The Bertz CT molecular complexity index is 1110. The van der Waals surface area contributed by atoms with Gasteiger partial charge in [-0.2, -0.15) is 0 Å². The molecular weight excluding hydrogens is 474 g/mol. The zero-order valence-electron chi connectivity index (χ0n) is 13.2. The molecule has 0 aliphatic carbocycles. The first-order chi connectivity index (χ1) is 12.4. The predicted octanol–water partition coefficient (Wildman–Crippen LogP) is -0.968. The van der Waals surface area contributed by atoms with E-state index in [9.17, 15) is 18.4 Å². The summed E-state index contributed by atoms with van der Waals surface area (Å²) in [4.78, 5) is 0. The van der Waals surface area contributed by atoms with Crippen LogP contribution in [0.15, 0.2) is 72.8 Å². The van der Waals surface area contributed by atoms with Crippen LogP contribution in [-0.2, 0) is 2.65 Å². The molecule has 0 bridgehead atoms. The molecule has 1 heterocycles. The van der Waals surface area contributed by atoms with Gasteiger partial charge in [-0.15, -0.1) is 0 Å². The molecule has 4 rings (SSSR count). The number of benzene rings is 3. The van der Waals surface area contributed by atoms with E-state index in [-0.39, 0.29) is 5.82 Å². The van der Waals surface area contributed by atoms with Gasteiger partial charge >= 0.3 is 158 Å². The van der Waals surface area contributed by atoms with Gasteiger partial charge in [0.25, 0.3) is 0 Å². The Balaban J connectivity index is 2.14. The van der Waals surface area contributed by atoms with E-state index in [2.05, 4.69) is 0 Å². The Labute approximate surface area is 157 Å². The normalized spacial score (nSPS) is 14.1. The second kappa shape index (κ2) is 6.84. The van der Waals surface area contributed by atoms with Gasteiger partial charge in [0.05, 0.1) is 0 Å². The van der Waals surface area contributed by atoms with E-state index in [1.165, 1.54) is 12.1 Å². The van der Waals surface area contributed by atoms with Gasteiger partial charge in [0.15, 0.2) is 0 Å². The second-order valence-corrected chi connectivity index (χ2v) is 11.6. The summed E-state index contributed by atoms with van der Waals surface area (Å²) in [5.74, 6) is -0.333. The third-order valence-corrected chi connectivity index (χ3v) is 11.0. The molecule has 0 unspecified atom stereocenters. The van der Waals surface area contributed by atoms with Gasteiger partial charge in [0, 0.05) is 0 Å². The molecule has 0 spiro atoms. The molecule has 0 amide bonds. The van der Waals surface area contributed by atoms with E-state index in [1.54, 1.807) is 36.4 Å². The molecular formula is C19H12ClFO4Te. The molecule has 26 heavy (non-hydrogen) atoms. The van der Waals surface area contributed by atoms with E-state index >= 15 is 0 Å². The standard InChI is InChI=1S/C19H12ClFO4Te/c21-14-11-9-13(10-12-14)19-15-5-1-3-7-17(15)26(25-20(22,23)24)18-8-4-2-6-16(18)19/h1-12H. The molecule has 7 heteroatoms. The number of rotatable bonds is 3. The van der Waals surface area contributed by atoms with Gasteiger partial charge in [-0.3, -0.25) is 0 Å². The third kappa shape index (κ3) is 3.34. The van der Waals surface area contributed by atoms with Crippen molar-refractivity contribution < 1.29 is 31.3 Å². The molecule has 0 radical (unpaired) electrons. The number of hydrogen-bond donors (Lipinski definition) is 0. The van der Waals surface area contributed by atoms with Gasteiger partial charge in [0.2, 0.25) is 0 Å². The van der Waals surface area contributed by atoms with Crippen LogP contribution in [0.25, 0.3) is 5.57 Å². The summed E-state index contributed by atoms with van der Waals surface area (Å²) in [7, 11) is -4.53. The van der Waals surface area contributed by atoms with Gasteiger partial charge in [-0.1, -0.05) is 0 Å². The van der Waals surface area contributed by atoms with Gasteiger partial charge in [-0.05, 0) is 0 Å². The Morgan fingerprint density at radius 3 is 2.19 bits per heavy atom. The summed E-state index contributed by atoms with van der Waals surface area (Å²) in [5.41, 5.74) is 2.50. The van der Waals surface area contributed by atoms with E-state index in [0.29, 0.717) is 0 Å². The first-order valence-electron chi connectivity index (χ1n) is 7.61. The minimum absolute atomic E-state index is 0.333. The van der Waals surface area contributed by atoms with Crippen molar-refractivity contribution in [3.05, 3.63) is 98.2 Å². The first-order valence-corrected chi connectivity index (χ1v) is 12.1. The Morgan fingerprint density at radius 1 is 0.808 bits per heavy atom. The van der Waals surface area contributed by atoms with Crippen molar-refractivity contribution in [3.8, 4) is 0 Å². The van der Waals surface area contributed by atoms with Crippen LogP contribution >= 0.6 is 0 Å². The zero-order valence-corrected chi connectivity index (χ0v) is 16.3. The Hall–Kier alpha value is -1.62. The quantitative estimate of drug-likeness (QED) is 0.447. The maximum atomic E-state index is 13.4. The number of hydrogen-bond acceptors (Lipinski definition) is 4. The SMILES string of the molecule is [O-][Cl+3]([O-])([O-])O[Te]1=c2ccccc2=C(c2ccc(F)cc2)c2ccccc21. The van der Waals surface area contributed by atoms with E-state index < -0.39 is 29.7 Å². The maximum absolute atomic E-state index is 13.4. The van der Waals surface area contributed by atoms with E-state index in [1.807, 2.05) is 24.3 Å². The molecule has 0 aromatic heterocycles.